The molecule has 0 radical (unpaired) electrons. The van der Waals surface area contributed by atoms with Crippen LogP contribution in [0.2, 0.25) is 0 Å². The lowest BCUT2D eigenvalue weighted by Crippen LogP contribution is -2.27. The normalized spacial score (nSPS) is 14.3. The first-order valence-corrected chi connectivity index (χ1v) is 30.5. The molecular formula is C84H57N3. The highest BCUT2D eigenvalue weighted by atomic mass is 14.9. The van der Waals surface area contributed by atoms with E-state index in [1.807, 2.05) is 0 Å². The van der Waals surface area contributed by atoms with Gasteiger partial charge in [0.15, 0.2) is 0 Å². The Bertz CT molecular complexity index is 5100. The van der Waals surface area contributed by atoms with Gasteiger partial charge in [0.25, 0.3) is 0 Å². The van der Waals surface area contributed by atoms with Crippen molar-refractivity contribution < 1.29 is 0 Å². The van der Waals surface area contributed by atoms with Crippen LogP contribution in [0.3, 0.4) is 0 Å². The minimum atomic E-state index is -0.819. The SMILES string of the molecule is CC(C)(C)c1ccccc1-c1cccc2c1-c1c(c(C#N)cc3c1c1cc(-c4ccccc4)cc4c5c6c(c(C#N)cc5n3c14)C1(c3ccccc3-c3ccccc31)c1cccc(-c3ccccc3C(C)(C)C)c1-6)C21c2ccccc2-c2ccccc21. The van der Waals surface area contributed by atoms with Gasteiger partial charge in [-0.3, -0.25) is 0 Å². The highest BCUT2D eigenvalue weighted by Gasteiger charge is 2.57. The van der Waals surface area contributed by atoms with Gasteiger partial charge in [-0.2, -0.15) is 10.5 Å². The first-order chi connectivity index (χ1) is 42.4. The minimum Gasteiger partial charge on any atom is -0.308 e. The molecule has 2 spiro atoms. The van der Waals surface area contributed by atoms with Crippen LogP contribution in [-0.2, 0) is 21.7 Å². The van der Waals surface area contributed by atoms with Gasteiger partial charge < -0.3 is 4.40 Å². The second kappa shape index (κ2) is 17.1. The highest BCUT2D eigenvalue weighted by Crippen LogP contribution is 2.70. The zero-order chi connectivity index (χ0) is 58.6. The van der Waals surface area contributed by atoms with Crippen LogP contribution >= 0.6 is 0 Å². The lowest BCUT2D eigenvalue weighted by molar-refractivity contribution is 0.591. The maximum atomic E-state index is 12.3. The predicted octanol–water partition coefficient (Wildman–Crippen LogP) is 20.9. The zero-order valence-electron chi connectivity index (χ0n) is 49.4. The van der Waals surface area contributed by atoms with Crippen LogP contribution in [0.5, 0.6) is 0 Å². The molecular weight excluding hydrogens is 1050 g/mol. The first kappa shape index (κ1) is 49.8. The van der Waals surface area contributed by atoms with Gasteiger partial charge in [-0.15, -0.1) is 0 Å². The van der Waals surface area contributed by atoms with Crippen LogP contribution in [0.4, 0.5) is 0 Å². The Morgan fingerprint density at radius 2 is 0.655 bits per heavy atom. The molecule has 87 heavy (non-hydrogen) atoms. The van der Waals surface area contributed by atoms with Crippen molar-refractivity contribution >= 4 is 38.1 Å². The molecule has 4 aliphatic rings. The Balaban J connectivity index is 1.08. The van der Waals surface area contributed by atoms with Gasteiger partial charge in [0.2, 0.25) is 0 Å². The fourth-order valence-electron chi connectivity index (χ4n) is 17.4. The van der Waals surface area contributed by atoms with E-state index in [1.165, 1.54) is 77.9 Å². The standard InChI is InChI=1S/C84H57N3/c1-81(2,3)62-34-16-10-30-56(62)58-32-22-40-68-72(58)76-74-60-42-49(48-24-8-7-9-25-48)43-61-75-71(87(80(60)61)70(74)44-50(46-85)78(76)83(68)64-36-18-12-26-52(64)53-27-13-19-37-65(53)83)45-51(47-86)79-77(75)73-59(57-31-11-17-35-63(57)82(4,5)6)33-23-41-69(73)84(79)66-38-20-14-28-54(66)55-29-15-21-39-67(55)84/h7-45H,1-6H3. The smallest absolute Gasteiger partial charge is 0.0996 e. The monoisotopic (exact) mass is 1110 g/mol. The Labute approximate surface area is 506 Å². The van der Waals surface area contributed by atoms with E-state index in [-0.39, 0.29) is 10.8 Å². The molecule has 4 aliphatic carbocycles. The molecule has 0 fully saturated rings. The van der Waals surface area contributed by atoms with E-state index >= 15 is 0 Å². The van der Waals surface area contributed by atoms with Crippen molar-refractivity contribution in [3.05, 3.63) is 303 Å². The number of hydrogen-bond acceptors (Lipinski definition) is 2. The number of hydrogen-bond donors (Lipinski definition) is 0. The van der Waals surface area contributed by atoms with Crippen LogP contribution in [0.25, 0.3) is 116 Å². The second-order valence-corrected chi connectivity index (χ2v) is 26.7. The van der Waals surface area contributed by atoms with E-state index < -0.39 is 10.8 Å². The molecule has 2 aromatic heterocycles. The summed E-state index contributed by atoms with van der Waals surface area (Å²) in [5, 5.41) is 29.0. The Hall–Kier alpha value is -10.6. The summed E-state index contributed by atoms with van der Waals surface area (Å²) in [6, 6.07) is 93.5. The summed E-state index contributed by atoms with van der Waals surface area (Å²) < 4.78 is 2.46. The van der Waals surface area contributed by atoms with Crippen LogP contribution in [0, 0.1) is 22.7 Å². The summed E-state index contributed by atoms with van der Waals surface area (Å²) in [5.41, 5.74) is 30.2. The van der Waals surface area contributed by atoms with Gasteiger partial charge in [-0.05, 0) is 169 Å². The molecule has 2 heterocycles. The molecule has 0 saturated carbocycles. The number of aromatic nitrogens is 1. The van der Waals surface area contributed by atoms with Crippen molar-refractivity contribution in [2.45, 2.75) is 63.2 Å². The van der Waals surface area contributed by atoms with E-state index in [1.54, 1.807) is 0 Å². The van der Waals surface area contributed by atoms with E-state index in [2.05, 4.69) is 295 Å². The lowest BCUT2D eigenvalue weighted by atomic mass is 9.69. The molecule has 18 rings (SSSR count). The number of benzene rings is 12. The topological polar surface area (TPSA) is 52.0 Å². The lowest BCUT2D eigenvalue weighted by Gasteiger charge is -2.31. The van der Waals surface area contributed by atoms with Crippen LogP contribution in [0.15, 0.2) is 237 Å². The predicted molar refractivity (Wildman–Crippen MR) is 357 cm³/mol. The van der Waals surface area contributed by atoms with Gasteiger partial charge in [0.1, 0.15) is 0 Å². The Kier molecular flexibility index (Phi) is 9.77. The van der Waals surface area contributed by atoms with E-state index in [0.717, 1.165) is 93.7 Å². The van der Waals surface area contributed by atoms with E-state index in [9.17, 15) is 10.5 Å². The van der Waals surface area contributed by atoms with Gasteiger partial charge >= 0.3 is 0 Å². The molecule has 0 atom stereocenters. The van der Waals surface area contributed by atoms with E-state index in [0.29, 0.717) is 11.1 Å². The third-order valence-electron chi connectivity index (χ3n) is 20.5. The molecule has 14 aromatic rings. The molecule has 0 unspecified atom stereocenters. The summed E-state index contributed by atoms with van der Waals surface area (Å²) in [5.74, 6) is 0. The third kappa shape index (κ3) is 6.04. The summed E-state index contributed by atoms with van der Waals surface area (Å²) >= 11 is 0. The molecule has 0 saturated heterocycles. The average Bonchev–Trinajstić information content (AvgIpc) is 1.49. The molecule has 0 bridgehead atoms. The average molecular weight is 1110 g/mol. The van der Waals surface area contributed by atoms with Crippen molar-refractivity contribution in [3.8, 4) is 90.0 Å². The van der Waals surface area contributed by atoms with Gasteiger partial charge in [-0.25, -0.2) is 0 Å². The van der Waals surface area contributed by atoms with Crippen molar-refractivity contribution in [1.29, 1.82) is 10.5 Å². The second-order valence-electron chi connectivity index (χ2n) is 26.7. The first-order valence-electron chi connectivity index (χ1n) is 30.5. The summed E-state index contributed by atoms with van der Waals surface area (Å²) in [4.78, 5) is 0. The van der Waals surface area contributed by atoms with Crippen molar-refractivity contribution in [3.63, 3.8) is 0 Å². The van der Waals surface area contributed by atoms with Crippen molar-refractivity contribution in [1.82, 2.24) is 4.40 Å². The summed E-state index contributed by atoms with van der Waals surface area (Å²) in [6.45, 7) is 13.9. The van der Waals surface area contributed by atoms with E-state index in [4.69, 9.17) is 0 Å². The van der Waals surface area contributed by atoms with Gasteiger partial charge in [0.05, 0.1) is 50.6 Å². The zero-order valence-corrected chi connectivity index (χ0v) is 49.4. The molecule has 12 aromatic carbocycles. The number of rotatable bonds is 3. The maximum absolute atomic E-state index is 12.3. The number of nitriles is 2. The molecule has 3 heteroatoms. The minimum absolute atomic E-state index is 0.178. The summed E-state index contributed by atoms with van der Waals surface area (Å²) in [6.07, 6.45) is 0. The maximum Gasteiger partial charge on any atom is 0.0996 e. The molecule has 3 nitrogen and oxygen atoms in total. The molecule has 0 amide bonds. The van der Waals surface area contributed by atoms with Gasteiger partial charge in [-0.1, -0.05) is 254 Å². The van der Waals surface area contributed by atoms with Crippen LogP contribution < -0.4 is 0 Å². The fraction of sp³-hybridized carbons (Fsp3) is 0.119. The van der Waals surface area contributed by atoms with Crippen molar-refractivity contribution in [2.24, 2.45) is 0 Å². The van der Waals surface area contributed by atoms with Crippen LogP contribution in [0.1, 0.15) is 108 Å². The van der Waals surface area contributed by atoms with Crippen LogP contribution in [-0.4, -0.2) is 4.40 Å². The van der Waals surface area contributed by atoms with Crippen molar-refractivity contribution in [2.75, 3.05) is 0 Å². The third-order valence-corrected chi connectivity index (χ3v) is 20.5. The number of nitrogens with zero attached hydrogens (tertiary/aromatic N) is 3. The Morgan fingerprint density at radius 1 is 0.322 bits per heavy atom. The largest absolute Gasteiger partial charge is 0.308 e. The molecule has 408 valence electrons. The summed E-state index contributed by atoms with van der Waals surface area (Å²) in [7, 11) is 0. The molecule has 0 aliphatic heterocycles. The number of fused-ring (bicyclic) bond motifs is 28. The fourth-order valence-corrected chi connectivity index (χ4v) is 17.4. The quantitative estimate of drug-likeness (QED) is 0.177. The Morgan fingerprint density at radius 3 is 1.03 bits per heavy atom. The van der Waals surface area contributed by atoms with Gasteiger partial charge in [0, 0.05) is 21.5 Å². The highest BCUT2D eigenvalue weighted by molar-refractivity contribution is 6.32. The molecule has 0 N–H and O–H groups in total.